The van der Waals surface area contributed by atoms with Crippen molar-refractivity contribution in [1.29, 1.82) is 0 Å². The number of rotatable bonds is 4. The summed E-state index contributed by atoms with van der Waals surface area (Å²) < 4.78 is 1.36. The van der Waals surface area contributed by atoms with Crippen LogP contribution >= 0.6 is 0 Å². The van der Waals surface area contributed by atoms with Gasteiger partial charge in [-0.2, -0.15) is 0 Å². The van der Waals surface area contributed by atoms with Gasteiger partial charge in [0.1, 0.15) is 0 Å². The number of aromatic amines is 1. The number of carbonyl (C=O) groups excluding carboxylic acids is 1. The quantitative estimate of drug-likeness (QED) is 0.489. The number of carboxylic acid groups (broad SMARTS) is 1. The molecule has 1 aromatic carbocycles. The number of aromatic nitrogens is 2. The summed E-state index contributed by atoms with van der Waals surface area (Å²) in [5.74, 6) is -1.24. The first-order valence-corrected chi connectivity index (χ1v) is 5.69. The van der Waals surface area contributed by atoms with E-state index in [2.05, 4.69) is 10.1 Å². The Morgan fingerprint density at radius 2 is 2.05 bits per heavy atom. The standard InChI is InChI=1S/C13H13N3O3.Na/c1-9-12(14-8-7-11(17)18)13(19)16(15-9)10-5-3-2-4-6-10;/h2-6,8,15H,7H2,1H3,(H,17,18);/q;+1/p-1. The number of carbonyl (C=O) groups is 1. The van der Waals surface area contributed by atoms with Gasteiger partial charge >= 0.3 is 29.6 Å². The molecule has 1 N–H and O–H groups in total. The van der Waals surface area contributed by atoms with Crippen molar-refractivity contribution >= 4 is 17.9 Å². The molecule has 6 nitrogen and oxygen atoms in total. The van der Waals surface area contributed by atoms with Gasteiger partial charge in [0.05, 0.1) is 11.4 Å². The number of H-pyrrole nitrogens is 1. The van der Waals surface area contributed by atoms with E-state index in [9.17, 15) is 14.7 Å². The van der Waals surface area contributed by atoms with Gasteiger partial charge in [0.15, 0.2) is 5.69 Å². The number of hydrogen-bond donors (Lipinski definition) is 1. The van der Waals surface area contributed by atoms with Crippen LogP contribution in [0.2, 0.25) is 0 Å². The van der Waals surface area contributed by atoms with Gasteiger partial charge in [-0.3, -0.25) is 14.9 Å². The topological polar surface area (TPSA) is 90.3 Å². The minimum absolute atomic E-state index is 0. The third kappa shape index (κ3) is 3.69. The number of carboxylic acids is 1. The zero-order chi connectivity index (χ0) is 13.8. The number of benzene rings is 1. The first-order valence-electron chi connectivity index (χ1n) is 5.69. The van der Waals surface area contributed by atoms with Gasteiger partial charge in [-0.25, -0.2) is 4.68 Å². The van der Waals surface area contributed by atoms with Gasteiger partial charge in [0, 0.05) is 18.6 Å². The number of nitrogens with zero attached hydrogens (tertiary/aromatic N) is 2. The molecule has 0 spiro atoms. The molecule has 0 aliphatic heterocycles. The second-order valence-electron chi connectivity index (χ2n) is 3.95. The number of hydrogen-bond acceptors (Lipinski definition) is 4. The van der Waals surface area contributed by atoms with Crippen molar-refractivity contribution in [3.8, 4) is 5.69 Å². The molecule has 0 aliphatic rings. The predicted molar refractivity (Wildman–Crippen MR) is 68.9 cm³/mol. The van der Waals surface area contributed by atoms with Crippen LogP contribution in [0.4, 0.5) is 5.69 Å². The van der Waals surface area contributed by atoms with Crippen molar-refractivity contribution in [2.24, 2.45) is 4.99 Å². The average molecular weight is 281 g/mol. The smallest absolute Gasteiger partial charge is 0.550 e. The molecule has 1 aromatic heterocycles. The van der Waals surface area contributed by atoms with Crippen molar-refractivity contribution in [3.05, 3.63) is 46.4 Å². The monoisotopic (exact) mass is 281 g/mol. The molecule has 0 atom stereocenters. The molecule has 0 bridgehead atoms. The van der Waals surface area contributed by atoms with Crippen LogP contribution in [0.1, 0.15) is 12.1 Å². The van der Waals surface area contributed by atoms with Gasteiger partial charge < -0.3 is 9.90 Å². The van der Waals surface area contributed by atoms with Crippen molar-refractivity contribution < 1.29 is 39.5 Å². The van der Waals surface area contributed by atoms with Crippen molar-refractivity contribution in [2.75, 3.05) is 0 Å². The molecule has 20 heavy (non-hydrogen) atoms. The molecule has 0 unspecified atom stereocenters. The van der Waals surface area contributed by atoms with E-state index in [1.165, 1.54) is 4.68 Å². The summed E-state index contributed by atoms with van der Waals surface area (Å²) in [6.07, 6.45) is 0.831. The average Bonchev–Trinajstić information content (AvgIpc) is 2.67. The van der Waals surface area contributed by atoms with Crippen LogP contribution in [0.15, 0.2) is 40.1 Å². The Labute approximate surface area is 137 Å². The molecule has 0 fully saturated rings. The van der Waals surface area contributed by atoms with Crippen LogP contribution in [-0.4, -0.2) is 22.0 Å². The molecule has 2 aromatic rings. The fraction of sp³-hybridized carbons (Fsp3) is 0.154. The molecular weight excluding hydrogens is 269 g/mol. The Morgan fingerprint density at radius 3 is 2.65 bits per heavy atom. The van der Waals surface area contributed by atoms with Crippen molar-refractivity contribution in [3.63, 3.8) is 0 Å². The van der Waals surface area contributed by atoms with Gasteiger partial charge in [-0.15, -0.1) is 0 Å². The zero-order valence-electron chi connectivity index (χ0n) is 11.3. The summed E-state index contributed by atoms with van der Waals surface area (Å²) in [4.78, 5) is 26.3. The fourth-order valence-electron chi connectivity index (χ4n) is 1.66. The number of aryl methyl sites for hydroxylation is 1. The molecule has 0 saturated carbocycles. The van der Waals surface area contributed by atoms with Crippen LogP contribution in [-0.2, 0) is 4.79 Å². The van der Waals surface area contributed by atoms with Gasteiger partial charge in [-0.05, 0) is 19.1 Å². The van der Waals surface area contributed by atoms with Gasteiger partial charge in [0.25, 0.3) is 5.56 Å². The third-order valence-corrected chi connectivity index (χ3v) is 2.53. The number of para-hydroxylation sites is 1. The van der Waals surface area contributed by atoms with Crippen LogP contribution in [0, 0.1) is 6.92 Å². The summed E-state index contributed by atoms with van der Waals surface area (Å²) in [6.45, 7) is 1.70. The Kier molecular flexibility index (Phi) is 5.94. The molecule has 0 radical (unpaired) electrons. The maximum absolute atomic E-state index is 12.1. The predicted octanol–water partition coefficient (Wildman–Crippen LogP) is -2.68. The number of aliphatic imine (C=N–C) groups is 1. The van der Waals surface area contributed by atoms with Crippen LogP contribution in [0.5, 0.6) is 0 Å². The number of nitrogens with one attached hydrogen (secondary N) is 1. The fourth-order valence-corrected chi connectivity index (χ4v) is 1.66. The maximum atomic E-state index is 12.1. The van der Waals surface area contributed by atoms with Crippen molar-refractivity contribution in [2.45, 2.75) is 13.3 Å². The summed E-state index contributed by atoms with van der Waals surface area (Å²) in [5, 5.41) is 13.2. The minimum Gasteiger partial charge on any atom is -0.550 e. The zero-order valence-corrected chi connectivity index (χ0v) is 13.3. The summed E-state index contributed by atoms with van der Waals surface area (Å²) in [6, 6.07) is 9.05. The molecule has 2 rings (SSSR count). The number of aliphatic carboxylic acids is 1. The van der Waals surface area contributed by atoms with E-state index in [1.54, 1.807) is 19.1 Å². The molecule has 0 aliphatic carbocycles. The van der Waals surface area contributed by atoms with E-state index in [4.69, 9.17) is 0 Å². The van der Waals surface area contributed by atoms with E-state index in [0.29, 0.717) is 11.4 Å². The summed E-state index contributed by atoms with van der Waals surface area (Å²) in [7, 11) is 0. The first-order chi connectivity index (χ1) is 9.09. The third-order valence-electron chi connectivity index (χ3n) is 2.53. The van der Waals surface area contributed by atoms with E-state index in [-0.39, 0.29) is 47.2 Å². The molecular formula is C13H12N3NaO3. The van der Waals surface area contributed by atoms with E-state index in [1.807, 2.05) is 18.2 Å². The second-order valence-corrected chi connectivity index (χ2v) is 3.95. The molecule has 98 valence electrons. The Morgan fingerprint density at radius 1 is 1.40 bits per heavy atom. The normalized spacial score (nSPS) is 10.4. The summed E-state index contributed by atoms with van der Waals surface area (Å²) in [5.41, 5.74) is 1.14. The Hall–Kier alpha value is -1.63. The largest absolute Gasteiger partial charge is 1.00 e. The first kappa shape index (κ1) is 16.4. The van der Waals surface area contributed by atoms with E-state index < -0.39 is 5.97 Å². The van der Waals surface area contributed by atoms with Gasteiger partial charge in [-0.1, -0.05) is 18.2 Å². The van der Waals surface area contributed by atoms with Crippen LogP contribution in [0.25, 0.3) is 5.69 Å². The molecule has 0 amide bonds. The second kappa shape index (κ2) is 7.23. The van der Waals surface area contributed by atoms with Gasteiger partial charge in [0.2, 0.25) is 0 Å². The minimum atomic E-state index is -1.24. The Bertz CT molecular complexity index is 674. The SMILES string of the molecule is Cc1[nH]n(-c2ccccc2)c(=O)c1N=CCC(=O)[O-].[Na+]. The molecule has 0 saturated heterocycles. The Balaban J connectivity index is 0.00000200. The molecule has 1 heterocycles. The summed E-state index contributed by atoms with van der Waals surface area (Å²) >= 11 is 0. The van der Waals surface area contributed by atoms with E-state index in [0.717, 1.165) is 6.21 Å². The molecule has 7 heteroatoms. The van der Waals surface area contributed by atoms with Crippen molar-refractivity contribution in [1.82, 2.24) is 9.78 Å². The maximum Gasteiger partial charge on any atom is 1.00 e. The van der Waals surface area contributed by atoms with Crippen LogP contribution < -0.4 is 40.2 Å². The van der Waals surface area contributed by atoms with Crippen LogP contribution in [0.3, 0.4) is 0 Å². The van der Waals surface area contributed by atoms with E-state index >= 15 is 0 Å².